The number of para-hydroxylation sites is 1. The molecule has 1 heterocycles. The van der Waals surface area contributed by atoms with E-state index in [0.29, 0.717) is 16.4 Å². The number of sulfonamides is 1. The van der Waals surface area contributed by atoms with Gasteiger partial charge in [-0.2, -0.15) is 5.10 Å². The van der Waals surface area contributed by atoms with Crippen molar-refractivity contribution < 1.29 is 13.5 Å². The first-order chi connectivity index (χ1) is 15.0. The molecule has 1 aromatic heterocycles. The molecule has 0 amide bonds. The molecule has 4 rings (SSSR count). The fraction of sp³-hybridized carbons (Fsp3) is 0.125. The molecule has 0 atom stereocenters. The lowest BCUT2D eigenvalue weighted by molar-refractivity contribution is 0.0734. The lowest BCUT2D eigenvalue weighted by Gasteiger charge is -2.13. The van der Waals surface area contributed by atoms with E-state index in [2.05, 4.69) is 5.10 Å². The number of primary sulfonamides is 1. The number of hydrogen-bond donors (Lipinski definition) is 2. The van der Waals surface area contributed by atoms with E-state index in [1.54, 1.807) is 36.7 Å². The molecule has 0 radical (unpaired) electrons. The van der Waals surface area contributed by atoms with Crippen LogP contribution in [0.5, 0.6) is 0 Å². The Morgan fingerprint density at radius 1 is 0.906 bits per heavy atom. The molecule has 0 saturated carbocycles. The van der Waals surface area contributed by atoms with Crippen molar-refractivity contribution >= 4 is 21.6 Å². The highest BCUT2D eigenvalue weighted by atomic mass is 35.5. The average Bonchev–Trinajstić information content (AvgIpc) is 3.19. The quantitative estimate of drug-likeness (QED) is 0.443. The van der Waals surface area contributed by atoms with Gasteiger partial charge >= 0.3 is 0 Å². The van der Waals surface area contributed by atoms with Crippen molar-refractivity contribution in [1.29, 1.82) is 0 Å². The second kappa shape index (κ2) is 8.18. The summed E-state index contributed by atoms with van der Waals surface area (Å²) in [6.45, 7) is 3.37. The summed E-state index contributed by atoms with van der Waals surface area (Å²) in [7, 11) is -3.73. The van der Waals surface area contributed by atoms with Gasteiger partial charge in [-0.25, -0.2) is 18.2 Å². The van der Waals surface area contributed by atoms with Gasteiger partial charge in [0, 0.05) is 5.56 Å². The molecule has 3 aromatic carbocycles. The summed E-state index contributed by atoms with van der Waals surface area (Å²) in [4.78, 5) is 0.0701. The lowest BCUT2D eigenvalue weighted by atomic mass is 10.0. The minimum absolute atomic E-state index is 0.0701. The van der Waals surface area contributed by atoms with Crippen LogP contribution in [0.4, 0.5) is 0 Å². The Hall–Kier alpha value is -2.97. The molecule has 32 heavy (non-hydrogen) atoms. The fourth-order valence-corrected chi connectivity index (χ4v) is 4.09. The third-order valence-corrected chi connectivity index (χ3v) is 6.36. The third kappa shape index (κ3) is 4.47. The van der Waals surface area contributed by atoms with Crippen LogP contribution in [0.3, 0.4) is 0 Å². The predicted octanol–water partition coefficient (Wildman–Crippen LogP) is 4.73. The minimum Gasteiger partial charge on any atom is -0.384 e. The molecular weight excluding hydrogens is 446 g/mol. The van der Waals surface area contributed by atoms with Gasteiger partial charge in [0.05, 0.1) is 27.0 Å². The van der Waals surface area contributed by atoms with E-state index in [4.69, 9.17) is 16.7 Å². The molecule has 3 N–H and O–H groups in total. The van der Waals surface area contributed by atoms with Gasteiger partial charge in [0.25, 0.3) is 0 Å². The molecule has 6 nitrogen and oxygen atoms in total. The SMILES string of the molecule is CC(C)(O)c1cc(-c2ccc(-c3ccc(S(N)(=O)=O)cc3)cc2)n(-c2ccccc2Cl)n1. The average molecular weight is 468 g/mol. The lowest BCUT2D eigenvalue weighted by Crippen LogP contribution is -2.16. The second-order valence-corrected chi connectivity index (χ2v) is 9.95. The number of aliphatic hydroxyl groups is 1. The molecule has 8 heteroatoms. The molecule has 0 spiro atoms. The Balaban J connectivity index is 1.76. The molecule has 0 unspecified atom stereocenters. The predicted molar refractivity (Wildman–Crippen MR) is 126 cm³/mol. The maximum Gasteiger partial charge on any atom is 0.238 e. The van der Waals surface area contributed by atoms with Gasteiger partial charge in [0.15, 0.2) is 0 Å². The zero-order chi connectivity index (χ0) is 23.1. The van der Waals surface area contributed by atoms with Gasteiger partial charge < -0.3 is 5.11 Å². The van der Waals surface area contributed by atoms with Crippen molar-refractivity contribution in [2.75, 3.05) is 0 Å². The molecule has 0 aliphatic carbocycles. The molecule has 0 bridgehead atoms. The van der Waals surface area contributed by atoms with Crippen LogP contribution in [0, 0.1) is 0 Å². The van der Waals surface area contributed by atoms with Gasteiger partial charge in [0.2, 0.25) is 10.0 Å². The van der Waals surface area contributed by atoms with E-state index in [0.717, 1.165) is 22.4 Å². The van der Waals surface area contributed by atoms with Crippen LogP contribution in [0.2, 0.25) is 5.02 Å². The number of nitrogens with zero attached hydrogens (tertiary/aromatic N) is 2. The van der Waals surface area contributed by atoms with Crippen molar-refractivity contribution in [3.63, 3.8) is 0 Å². The fourth-order valence-electron chi connectivity index (χ4n) is 3.36. The van der Waals surface area contributed by atoms with Gasteiger partial charge in [-0.1, -0.05) is 60.1 Å². The Labute approximate surface area is 192 Å². The van der Waals surface area contributed by atoms with Gasteiger partial charge in [-0.05, 0) is 55.3 Å². The molecule has 164 valence electrons. The number of rotatable bonds is 5. The van der Waals surface area contributed by atoms with Crippen LogP contribution in [0.15, 0.2) is 83.8 Å². The Morgan fingerprint density at radius 2 is 1.44 bits per heavy atom. The highest BCUT2D eigenvalue weighted by Gasteiger charge is 2.23. The zero-order valence-corrected chi connectivity index (χ0v) is 19.1. The topological polar surface area (TPSA) is 98.2 Å². The van der Waals surface area contributed by atoms with Crippen LogP contribution in [-0.4, -0.2) is 23.3 Å². The number of halogens is 1. The smallest absolute Gasteiger partial charge is 0.238 e. The molecule has 0 aliphatic heterocycles. The Kier molecular flexibility index (Phi) is 5.68. The van der Waals surface area contributed by atoms with Crippen LogP contribution in [0.25, 0.3) is 28.1 Å². The minimum atomic E-state index is -3.73. The summed E-state index contributed by atoms with van der Waals surface area (Å²) in [5.41, 5.74) is 3.57. The van der Waals surface area contributed by atoms with Crippen LogP contribution >= 0.6 is 11.6 Å². The number of nitrogens with two attached hydrogens (primary N) is 1. The molecule has 0 saturated heterocycles. The van der Waals surface area contributed by atoms with Crippen molar-refractivity contribution in [1.82, 2.24) is 9.78 Å². The first kappa shape index (κ1) is 22.2. The maximum absolute atomic E-state index is 11.5. The van der Waals surface area contributed by atoms with Gasteiger partial charge in [-0.3, -0.25) is 0 Å². The second-order valence-electron chi connectivity index (χ2n) is 7.98. The van der Waals surface area contributed by atoms with E-state index in [9.17, 15) is 13.5 Å². The van der Waals surface area contributed by atoms with Gasteiger partial charge in [-0.15, -0.1) is 0 Å². The zero-order valence-electron chi connectivity index (χ0n) is 17.5. The first-order valence-corrected chi connectivity index (χ1v) is 11.8. The monoisotopic (exact) mass is 467 g/mol. The van der Waals surface area contributed by atoms with E-state index in [1.165, 1.54) is 12.1 Å². The standard InChI is InChI=1S/C24H22ClN3O3S/c1-24(2,29)23-15-22(28(27-23)21-6-4-3-5-20(21)25)18-9-7-16(8-10-18)17-11-13-19(14-12-17)32(26,30)31/h3-15,29H,1-2H3,(H2,26,30,31). The molecule has 4 aromatic rings. The van der Waals surface area contributed by atoms with E-state index in [-0.39, 0.29) is 4.90 Å². The van der Waals surface area contributed by atoms with Crippen LogP contribution in [0.1, 0.15) is 19.5 Å². The Bertz CT molecular complexity index is 1370. The van der Waals surface area contributed by atoms with E-state index in [1.807, 2.05) is 48.5 Å². The van der Waals surface area contributed by atoms with Crippen molar-refractivity contribution in [3.05, 3.63) is 89.6 Å². The highest BCUT2D eigenvalue weighted by Crippen LogP contribution is 2.32. The van der Waals surface area contributed by atoms with Crippen LogP contribution < -0.4 is 5.14 Å². The Morgan fingerprint density at radius 3 is 1.97 bits per heavy atom. The summed E-state index contributed by atoms with van der Waals surface area (Å²) < 4.78 is 24.7. The van der Waals surface area contributed by atoms with Crippen LogP contribution in [-0.2, 0) is 15.6 Å². The van der Waals surface area contributed by atoms with E-state index < -0.39 is 15.6 Å². The third-order valence-electron chi connectivity index (χ3n) is 5.11. The summed E-state index contributed by atoms with van der Waals surface area (Å²) in [6.07, 6.45) is 0. The summed E-state index contributed by atoms with van der Waals surface area (Å²) in [5, 5.41) is 20.8. The number of benzene rings is 3. The number of aromatic nitrogens is 2. The largest absolute Gasteiger partial charge is 0.384 e. The molecule has 0 aliphatic rings. The van der Waals surface area contributed by atoms with E-state index >= 15 is 0 Å². The van der Waals surface area contributed by atoms with Gasteiger partial charge in [0.1, 0.15) is 5.60 Å². The molecular formula is C24H22ClN3O3S. The maximum atomic E-state index is 11.5. The first-order valence-electron chi connectivity index (χ1n) is 9.85. The molecule has 0 fully saturated rings. The highest BCUT2D eigenvalue weighted by molar-refractivity contribution is 7.89. The summed E-state index contributed by atoms with van der Waals surface area (Å²) in [6, 6.07) is 23.4. The van der Waals surface area contributed by atoms with Crippen molar-refractivity contribution in [2.45, 2.75) is 24.3 Å². The van der Waals surface area contributed by atoms with Crippen molar-refractivity contribution in [3.8, 4) is 28.1 Å². The van der Waals surface area contributed by atoms with Crippen molar-refractivity contribution in [2.24, 2.45) is 5.14 Å². The summed E-state index contributed by atoms with van der Waals surface area (Å²) in [5.74, 6) is 0. The summed E-state index contributed by atoms with van der Waals surface area (Å²) >= 11 is 6.42. The normalized spacial score (nSPS) is 12.2. The number of hydrogen-bond acceptors (Lipinski definition) is 4.